The van der Waals surface area contributed by atoms with Crippen LogP contribution in [0.1, 0.15) is 24.0 Å². The van der Waals surface area contributed by atoms with E-state index in [9.17, 15) is 0 Å². The van der Waals surface area contributed by atoms with Crippen LogP contribution in [0.2, 0.25) is 0 Å². The third-order valence-corrected chi connectivity index (χ3v) is 4.36. The fourth-order valence-corrected chi connectivity index (χ4v) is 3.31. The van der Waals surface area contributed by atoms with E-state index in [1.807, 2.05) is 0 Å². The van der Waals surface area contributed by atoms with E-state index in [-0.39, 0.29) is 0 Å². The predicted octanol–water partition coefficient (Wildman–Crippen LogP) is 3.02. The molecular weight excluding hydrogens is 214 g/mol. The topological polar surface area (TPSA) is 12.0 Å². The first-order chi connectivity index (χ1) is 7.86. The average molecular weight is 235 g/mol. The number of nitrogens with one attached hydrogen (secondary N) is 1. The van der Waals surface area contributed by atoms with Crippen molar-refractivity contribution in [2.24, 2.45) is 0 Å². The van der Waals surface area contributed by atoms with E-state index in [0.717, 1.165) is 19.0 Å². The van der Waals surface area contributed by atoms with E-state index >= 15 is 0 Å². The predicted molar refractivity (Wildman–Crippen MR) is 73.2 cm³/mol. The van der Waals surface area contributed by atoms with Crippen LogP contribution in [-0.2, 0) is 6.42 Å². The van der Waals surface area contributed by atoms with Crippen molar-refractivity contribution in [1.82, 2.24) is 5.32 Å². The molecule has 1 N–H and O–H groups in total. The molecule has 1 fully saturated rings. The van der Waals surface area contributed by atoms with Gasteiger partial charge in [-0.25, -0.2) is 0 Å². The van der Waals surface area contributed by atoms with Crippen LogP contribution in [0.15, 0.2) is 24.3 Å². The van der Waals surface area contributed by atoms with Gasteiger partial charge in [-0.3, -0.25) is 0 Å². The molecule has 0 unspecified atom stereocenters. The molecule has 0 amide bonds. The molecule has 0 aliphatic carbocycles. The third kappa shape index (κ3) is 3.53. The molecule has 88 valence electrons. The Morgan fingerprint density at radius 1 is 1.25 bits per heavy atom. The Kier molecular flexibility index (Phi) is 4.73. The molecule has 1 aliphatic heterocycles. The van der Waals surface area contributed by atoms with Gasteiger partial charge in [0.2, 0.25) is 0 Å². The maximum absolute atomic E-state index is 3.68. The largest absolute Gasteiger partial charge is 0.314 e. The molecule has 0 radical (unpaired) electrons. The second-order valence-corrected chi connectivity index (χ2v) is 5.74. The molecule has 2 rings (SSSR count). The van der Waals surface area contributed by atoms with Crippen LogP contribution in [-0.4, -0.2) is 24.1 Å². The Morgan fingerprint density at radius 2 is 2.00 bits per heavy atom. The van der Waals surface area contributed by atoms with Crippen molar-refractivity contribution in [3.05, 3.63) is 35.4 Å². The quantitative estimate of drug-likeness (QED) is 0.861. The van der Waals surface area contributed by atoms with Gasteiger partial charge in [0.1, 0.15) is 0 Å². The Morgan fingerprint density at radius 3 is 2.75 bits per heavy atom. The normalized spacial score (nSPS) is 17.6. The van der Waals surface area contributed by atoms with Gasteiger partial charge < -0.3 is 5.32 Å². The summed E-state index contributed by atoms with van der Waals surface area (Å²) < 4.78 is 0. The molecule has 1 aromatic rings. The number of aryl methyl sites for hydroxylation is 1. The Hall–Kier alpha value is -0.470. The minimum absolute atomic E-state index is 0.769. The van der Waals surface area contributed by atoms with Crippen LogP contribution in [0.5, 0.6) is 0 Å². The summed E-state index contributed by atoms with van der Waals surface area (Å²) >= 11 is 2.09. The molecule has 1 saturated heterocycles. The molecule has 1 aromatic carbocycles. The van der Waals surface area contributed by atoms with Gasteiger partial charge in [-0.2, -0.15) is 11.8 Å². The highest BCUT2D eigenvalue weighted by molar-refractivity contribution is 7.99. The Bertz CT molecular complexity index is 318. The van der Waals surface area contributed by atoms with Crippen LogP contribution >= 0.6 is 11.8 Å². The van der Waals surface area contributed by atoms with E-state index in [0.29, 0.717) is 0 Å². The lowest BCUT2D eigenvalue weighted by Crippen LogP contribution is -2.34. The van der Waals surface area contributed by atoms with Crippen molar-refractivity contribution in [2.75, 3.05) is 18.1 Å². The van der Waals surface area contributed by atoms with Crippen LogP contribution in [0, 0.1) is 6.92 Å². The summed E-state index contributed by atoms with van der Waals surface area (Å²) in [5.74, 6) is 2.67. The van der Waals surface area contributed by atoms with E-state index in [1.54, 1.807) is 0 Å². The molecule has 16 heavy (non-hydrogen) atoms. The van der Waals surface area contributed by atoms with Crippen LogP contribution in [0.3, 0.4) is 0 Å². The first kappa shape index (κ1) is 12.0. The molecule has 1 nitrogen and oxygen atoms in total. The fraction of sp³-hybridized carbons (Fsp3) is 0.571. The van der Waals surface area contributed by atoms with Crippen LogP contribution in [0.4, 0.5) is 0 Å². The lowest BCUT2D eigenvalue weighted by molar-refractivity contribution is 0.486. The van der Waals surface area contributed by atoms with Gasteiger partial charge >= 0.3 is 0 Å². The van der Waals surface area contributed by atoms with E-state index < -0.39 is 0 Å². The fourth-order valence-electron chi connectivity index (χ4n) is 2.20. The van der Waals surface area contributed by atoms with E-state index in [1.165, 1.54) is 35.5 Å². The summed E-state index contributed by atoms with van der Waals surface area (Å²) in [6, 6.07) is 9.47. The SMILES string of the molecule is Cc1ccccc1CCNC1CCSCC1. The van der Waals surface area contributed by atoms with E-state index in [2.05, 4.69) is 48.3 Å². The van der Waals surface area contributed by atoms with Gasteiger partial charge in [-0.1, -0.05) is 24.3 Å². The number of hydrogen-bond acceptors (Lipinski definition) is 2. The standard InChI is InChI=1S/C14H21NS/c1-12-4-2-3-5-13(12)6-9-15-14-7-10-16-11-8-14/h2-5,14-15H,6-11H2,1H3. The molecule has 0 saturated carbocycles. The minimum atomic E-state index is 0.769. The lowest BCUT2D eigenvalue weighted by Gasteiger charge is -2.22. The summed E-state index contributed by atoms with van der Waals surface area (Å²) in [4.78, 5) is 0. The van der Waals surface area contributed by atoms with Crippen molar-refractivity contribution < 1.29 is 0 Å². The first-order valence-electron chi connectivity index (χ1n) is 6.22. The summed E-state index contributed by atoms with van der Waals surface area (Å²) in [5.41, 5.74) is 2.91. The maximum Gasteiger partial charge on any atom is 0.00829 e. The summed E-state index contributed by atoms with van der Waals surface area (Å²) in [6.07, 6.45) is 3.85. The lowest BCUT2D eigenvalue weighted by atomic mass is 10.1. The second kappa shape index (κ2) is 6.31. The maximum atomic E-state index is 3.68. The average Bonchev–Trinajstić information content (AvgIpc) is 2.33. The van der Waals surface area contributed by atoms with Gasteiger partial charge in [0.05, 0.1) is 0 Å². The molecule has 1 heterocycles. The molecular formula is C14H21NS. The number of hydrogen-bond donors (Lipinski definition) is 1. The Labute approximate surface area is 103 Å². The smallest absolute Gasteiger partial charge is 0.00829 e. The molecule has 0 aromatic heterocycles. The van der Waals surface area contributed by atoms with Gasteiger partial charge in [0.15, 0.2) is 0 Å². The van der Waals surface area contributed by atoms with E-state index in [4.69, 9.17) is 0 Å². The monoisotopic (exact) mass is 235 g/mol. The van der Waals surface area contributed by atoms with Crippen LogP contribution in [0.25, 0.3) is 0 Å². The van der Waals surface area contributed by atoms with Gasteiger partial charge in [-0.15, -0.1) is 0 Å². The number of benzene rings is 1. The zero-order valence-electron chi connectivity index (χ0n) is 10.0. The molecule has 0 bridgehead atoms. The molecule has 2 heteroatoms. The Balaban J connectivity index is 1.73. The number of thioether (sulfide) groups is 1. The summed E-state index contributed by atoms with van der Waals surface area (Å²) in [6.45, 7) is 3.33. The van der Waals surface area contributed by atoms with Gasteiger partial charge in [0, 0.05) is 6.04 Å². The van der Waals surface area contributed by atoms with Gasteiger partial charge in [0.25, 0.3) is 0 Å². The number of rotatable bonds is 4. The van der Waals surface area contributed by atoms with Gasteiger partial charge in [-0.05, 0) is 55.4 Å². The van der Waals surface area contributed by atoms with Crippen molar-refractivity contribution in [3.8, 4) is 0 Å². The van der Waals surface area contributed by atoms with Crippen molar-refractivity contribution in [1.29, 1.82) is 0 Å². The first-order valence-corrected chi connectivity index (χ1v) is 7.37. The van der Waals surface area contributed by atoms with Crippen molar-refractivity contribution in [3.63, 3.8) is 0 Å². The minimum Gasteiger partial charge on any atom is -0.314 e. The zero-order chi connectivity index (χ0) is 11.2. The molecule has 1 aliphatic rings. The zero-order valence-corrected chi connectivity index (χ0v) is 10.9. The van der Waals surface area contributed by atoms with Crippen molar-refractivity contribution >= 4 is 11.8 Å². The highest BCUT2D eigenvalue weighted by Crippen LogP contribution is 2.17. The van der Waals surface area contributed by atoms with Crippen LogP contribution < -0.4 is 5.32 Å². The highest BCUT2D eigenvalue weighted by atomic mass is 32.2. The molecule has 0 atom stereocenters. The summed E-state index contributed by atoms with van der Waals surface area (Å²) in [5, 5.41) is 3.68. The van der Waals surface area contributed by atoms with Crippen molar-refractivity contribution in [2.45, 2.75) is 32.2 Å². The third-order valence-electron chi connectivity index (χ3n) is 3.31. The second-order valence-electron chi connectivity index (χ2n) is 4.52. The molecule has 0 spiro atoms. The summed E-state index contributed by atoms with van der Waals surface area (Å²) in [7, 11) is 0. The highest BCUT2D eigenvalue weighted by Gasteiger charge is 2.12.